The molecule has 0 unspecified atom stereocenters. The standard InChI is InChI=1S/C13H10N4O4/c18-12-2-1-9(7-11(12)17(20)21)8-15-16-13(19)10-3-5-14-6-4-10/h1-8,18H,(H,16,19)/b15-8+. The highest BCUT2D eigenvalue weighted by Crippen LogP contribution is 2.25. The summed E-state index contributed by atoms with van der Waals surface area (Å²) in [4.78, 5) is 25.4. The number of pyridine rings is 1. The third-order valence-electron chi connectivity index (χ3n) is 2.52. The zero-order valence-electron chi connectivity index (χ0n) is 10.6. The van der Waals surface area contributed by atoms with Crippen LogP contribution in [0.15, 0.2) is 47.8 Å². The van der Waals surface area contributed by atoms with Crippen molar-refractivity contribution in [1.29, 1.82) is 0 Å². The molecule has 0 atom stereocenters. The van der Waals surface area contributed by atoms with E-state index in [1.807, 2.05) is 0 Å². The molecular formula is C13H10N4O4. The lowest BCUT2D eigenvalue weighted by Gasteiger charge is -1.99. The molecule has 1 amide bonds. The lowest BCUT2D eigenvalue weighted by Crippen LogP contribution is -2.17. The van der Waals surface area contributed by atoms with Crippen molar-refractivity contribution in [2.24, 2.45) is 5.10 Å². The molecule has 1 aromatic carbocycles. The molecule has 0 bridgehead atoms. The molecule has 1 heterocycles. The van der Waals surface area contributed by atoms with E-state index in [1.54, 1.807) is 0 Å². The number of rotatable bonds is 4. The third-order valence-corrected chi connectivity index (χ3v) is 2.52. The smallest absolute Gasteiger partial charge is 0.311 e. The number of phenols is 1. The Balaban J connectivity index is 2.07. The van der Waals surface area contributed by atoms with Crippen molar-refractivity contribution < 1.29 is 14.8 Å². The summed E-state index contributed by atoms with van der Waals surface area (Å²) in [5.74, 6) is -0.861. The van der Waals surface area contributed by atoms with Gasteiger partial charge in [0, 0.05) is 29.6 Å². The number of hydrogen-bond donors (Lipinski definition) is 2. The number of carbonyl (C=O) groups excluding carboxylic acids is 1. The lowest BCUT2D eigenvalue weighted by atomic mass is 10.2. The minimum Gasteiger partial charge on any atom is -0.502 e. The number of aromatic nitrogens is 1. The maximum Gasteiger partial charge on any atom is 0.311 e. The quantitative estimate of drug-likeness (QED) is 0.501. The second-order valence-corrected chi connectivity index (χ2v) is 3.94. The van der Waals surface area contributed by atoms with E-state index >= 15 is 0 Å². The van der Waals surface area contributed by atoms with Crippen LogP contribution in [0.1, 0.15) is 15.9 Å². The number of hydrazone groups is 1. The van der Waals surface area contributed by atoms with Crippen LogP contribution < -0.4 is 5.43 Å². The van der Waals surface area contributed by atoms with E-state index in [-0.39, 0.29) is 0 Å². The van der Waals surface area contributed by atoms with E-state index in [9.17, 15) is 20.0 Å². The fraction of sp³-hybridized carbons (Fsp3) is 0. The van der Waals surface area contributed by atoms with Crippen molar-refractivity contribution in [3.05, 3.63) is 64.0 Å². The van der Waals surface area contributed by atoms with E-state index < -0.39 is 22.3 Å². The van der Waals surface area contributed by atoms with Crippen molar-refractivity contribution in [3.8, 4) is 5.75 Å². The van der Waals surface area contributed by atoms with Crippen LogP contribution in [0.2, 0.25) is 0 Å². The number of aromatic hydroxyl groups is 1. The first-order chi connectivity index (χ1) is 10.1. The van der Waals surface area contributed by atoms with Crippen LogP contribution in [0, 0.1) is 10.1 Å². The number of amides is 1. The highest BCUT2D eigenvalue weighted by Gasteiger charge is 2.12. The molecule has 106 valence electrons. The number of nitro groups is 1. The van der Waals surface area contributed by atoms with Gasteiger partial charge in [0.2, 0.25) is 0 Å². The number of phenolic OH excluding ortho intramolecular Hbond substituents is 1. The Bertz CT molecular complexity index is 701. The van der Waals surface area contributed by atoms with Gasteiger partial charge in [0.25, 0.3) is 5.91 Å². The predicted molar refractivity (Wildman–Crippen MR) is 74.1 cm³/mol. The van der Waals surface area contributed by atoms with Crippen LogP contribution in [0.3, 0.4) is 0 Å². The van der Waals surface area contributed by atoms with Gasteiger partial charge in [-0.2, -0.15) is 5.10 Å². The van der Waals surface area contributed by atoms with E-state index in [0.29, 0.717) is 11.1 Å². The molecule has 0 radical (unpaired) electrons. The number of carbonyl (C=O) groups is 1. The zero-order chi connectivity index (χ0) is 15.2. The Kier molecular flexibility index (Phi) is 4.20. The molecule has 1 aromatic heterocycles. The SMILES string of the molecule is O=C(N/N=C/c1ccc(O)c([N+](=O)[O-])c1)c1ccncc1. The first-order valence-corrected chi connectivity index (χ1v) is 5.79. The largest absolute Gasteiger partial charge is 0.502 e. The van der Waals surface area contributed by atoms with Crippen LogP contribution in [0.5, 0.6) is 5.75 Å². The summed E-state index contributed by atoms with van der Waals surface area (Å²) in [6, 6.07) is 6.82. The van der Waals surface area contributed by atoms with Gasteiger partial charge in [-0.1, -0.05) is 0 Å². The molecule has 2 aromatic rings. The van der Waals surface area contributed by atoms with Gasteiger partial charge in [-0.15, -0.1) is 0 Å². The summed E-state index contributed by atoms with van der Waals surface area (Å²) < 4.78 is 0. The summed E-state index contributed by atoms with van der Waals surface area (Å²) in [7, 11) is 0. The van der Waals surface area contributed by atoms with Crippen LogP contribution in [-0.2, 0) is 0 Å². The van der Waals surface area contributed by atoms with Crippen molar-refractivity contribution in [2.45, 2.75) is 0 Å². The number of benzene rings is 1. The molecule has 0 fully saturated rings. The third kappa shape index (κ3) is 3.60. The molecule has 2 rings (SSSR count). The van der Waals surface area contributed by atoms with Gasteiger partial charge in [-0.05, 0) is 24.3 Å². The summed E-state index contributed by atoms with van der Waals surface area (Å²) in [6.45, 7) is 0. The molecule has 8 heteroatoms. The van der Waals surface area contributed by atoms with Gasteiger partial charge in [-0.25, -0.2) is 5.43 Å². The Hall–Kier alpha value is -3.29. The van der Waals surface area contributed by atoms with Crippen molar-refractivity contribution in [1.82, 2.24) is 10.4 Å². The summed E-state index contributed by atoms with van der Waals surface area (Å²) in [5.41, 5.74) is 2.61. The van der Waals surface area contributed by atoms with Crippen LogP contribution >= 0.6 is 0 Å². The molecule has 0 aliphatic heterocycles. The van der Waals surface area contributed by atoms with E-state index in [1.165, 1.54) is 42.9 Å². The van der Waals surface area contributed by atoms with Crippen molar-refractivity contribution in [2.75, 3.05) is 0 Å². The lowest BCUT2D eigenvalue weighted by molar-refractivity contribution is -0.385. The Morgan fingerprint density at radius 3 is 2.71 bits per heavy atom. The molecule has 21 heavy (non-hydrogen) atoms. The fourth-order valence-corrected chi connectivity index (χ4v) is 1.50. The number of hydrogen-bond acceptors (Lipinski definition) is 6. The zero-order valence-corrected chi connectivity index (χ0v) is 10.6. The van der Waals surface area contributed by atoms with Gasteiger partial charge in [0.15, 0.2) is 5.75 Å². The van der Waals surface area contributed by atoms with E-state index in [2.05, 4.69) is 15.5 Å². The average molecular weight is 286 g/mol. The molecule has 0 saturated carbocycles. The average Bonchev–Trinajstić information content (AvgIpc) is 2.49. The monoisotopic (exact) mass is 286 g/mol. The minimum absolute atomic E-state index is 0.370. The highest BCUT2D eigenvalue weighted by molar-refractivity contribution is 5.94. The van der Waals surface area contributed by atoms with Crippen molar-refractivity contribution in [3.63, 3.8) is 0 Å². The highest BCUT2D eigenvalue weighted by atomic mass is 16.6. The predicted octanol–water partition coefficient (Wildman–Crippen LogP) is 1.46. The Morgan fingerprint density at radius 1 is 1.33 bits per heavy atom. The van der Waals surface area contributed by atoms with Crippen LogP contribution in [-0.4, -0.2) is 27.1 Å². The second kappa shape index (κ2) is 6.24. The Labute approximate surface area is 118 Å². The first-order valence-electron chi connectivity index (χ1n) is 5.79. The molecule has 0 aliphatic rings. The topological polar surface area (TPSA) is 118 Å². The molecular weight excluding hydrogens is 276 g/mol. The maximum absolute atomic E-state index is 11.7. The van der Waals surface area contributed by atoms with Gasteiger partial charge in [-0.3, -0.25) is 19.9 Å². The van der Waals surface area contributed by atoms with Gasteiger partial charge >= 0.3 is 5.69 Å². The van der Waals surface area contributed by atoms with Crippen LogP contribution in [0.4, 0.5) is 5.69 Å². The molecule has 2 N–H and O–H groups in total. The summed E-state index contributed by atoms with van der Waals surface area (Å²) in [6.07, 6.45) is 4.19. The van der Waals surface area contributed by atoms with Crippen LogP contribution in [0.25, 0.3) is 0 Å². The molecule has 8 nitrogen and oxygen atoms in total. The van der Waals surface area contributed by atoms with E-state index in [4.69, 9.17) is 0 Å². The second-order valence-electron chi connectivity index (χ2n) is 3.94. The van der Waals surface area contributed by atoms with Gasteiger partial charge in [0.1, 0.15) is 0 Å². The molecule has 0 spiro atoms. The number of nitrogens with zero attached hydrogens (tertiary/aromatic N) is 3. The van der Waals surface area contributed by atoms with Gasteiger partial charge in [0.05, 0.1) is 11.1 Å². The number of nitro benzene ring substituents is 1. The minimum atomic E-state index is -0.706. The van der Waals surface area contributed by atoms with E-state index in [0.717, 1.165) is 6.07 Å². The van der Waals surface area contributed by atoms with Gasteiger partial charge < -0.3 is 5.11 Å². The number of nitrogens with one attached hydrogen (secondary N) is 1. The summed E-state index contributed by atoms with van der Waals surface area (Å²) >= 11 is 0. The maximum atomic E-state index is 11.7. The normalized spacial score (nSPS) is 10.5. The van der Waals surface area contributed by atoms with Crippen molar-refractivity contribution >= 4 is 17.8 Å². The fourth-order valence-electron chi connectivity index (χ4n) is 1.50. The molecule has 0 saturated heterocycles. The molecule has 0 aliphatic carbocycles. The summed E-state index contributed by atoms with van der Waals surface area (Å²) in [5, 5.41) is 23.7. The first kappa shape index (κ1) is 14.1. The Morgan fingerprint density at radius 2 is 2.05 bits per heavy atom.